The van der Waals surface area contributed by atoms with Gasteiger partial charge in [0.15, 0.2) is 5.78 Å². The molecule has 2 nitrogen and oxygen atoms in total. The van der Waals surface area contributed by atoms with E-state index in [0.717, 1.165) is 44.9 Å². The lowest BCUT2D eigenvalue weighted by Crippen LogP contribution is -2.53. The Morgan fingerprint density at radius 3 is 2.78 bits per heavy atom. The molecular formula is C21H28O2. The van der Waals surface area contributed by atoms with Crippen molar-refractivity contribution in [3.05, 3.63) is 11.6 Å². The number of terminal acetylenes is 1. The summed E-state index contributed by atoms with van der Waals surface area (Å²) in [5.41, 5.74) is 0.474. The Hall–Kier alpha value is -1.07. The highest BCUT2D eigenvalue weighted by Gasteiger charge is 2.63. The quantitative estimate of drug-likeness (QED) is 0.746. The molecule has 4 rings (SSSR count). The molecule has 0 spiro atoms. The van der Waals surface area contributed by atoms with Crippen LogP contribution in [0.15, 0.2) is 11.6 Å². The lowest BCUT2D eigenvalue weighted by molar-refractivity contribution is -0.117. The zero-order valence-corrected chi connectivity index (χ0v) is 14.2. The second-order valence-corrected chi connectivity index (χ2v) is 8.40. The summed E-state index contributed by atoms with van der Waals surface area (Å²) in [7, 11) is 0. The molecule has 0 bridgehead atoms. The number of fused-ring (bicyclic) bond motifs is 5. The minimum absolute atomic E-state index is 0.0609. The lowest BCUT2D eigenvalue weighted by Gasteiger charge is -2.55. The lowest BCUT2D eigenvalue weighted by atomic mass is 9.49. The van der Waals surface area contributed by atoms with Crippen LogP contribution in [0.2, 0.25) is 0 Å². The predicted molar refractivity (Wildman–Crippen MR) is 90.5 cm³/mol. The van der Waals surface area contributed by atoms with E-state index in [1.165, 1.54) is 18.4 Å². The van der Waals surface area contributed by atoms with Crippen LogP contribution in [0, 0.1) is 41.4 Å². The molecule has 0 aromatic carbocycles. The predicted octanol–water partition coefficient (Wildman–Crippen LogP) is 3.88. The van der Waals surface area contributed by atoms with Gasteiger partial charge in [0, 0.05) is 11.8 Å². The summed E-state index contributed by atoms with van der Waals surface area (Å²) in [6.45, 7) is 2.22. The monoisotopic (exact) mass is 312 g/mol. The maximum absolute atomic E-state index is 11.8. The van der Waals surface area contributed by atoms with Gasteiger partial charge in [0.05, 0.1) is 0 Å². The van der Waals surface area contributed by atoms with Gasteiger partial charge in [0.25, 0.3) is 0 Å². The fourth-order valence-corrected chi connectivity index (χ4v) is 6.96. The van der Waals surface area contributed by atoms with Crippen LogP contribution in [0.3, 0.4) is 0 Å². The van der Waals surface area contributed by atoms with Gasteiger partial charge in [-0.05, 0) is 81.1 Å². The van der Waals surface area contributed by atoms with Gasteiger partial charge in [-0.15, -0.1) is 6.42 Å². The van der Waals surface area contributed by atoms with Crippen LogP contribution in [-0.2, 0) is 4.79 Å². The van der Waals surface area contributed by atoms with Crippen molar-refractivity contribution >= 4 is 5.78 Å². The first kappa shape index (κ1) is 15.5. The Balaban J connectivity index is 1.67. The number of allylic oxidation sites excluding steroid dienone is 1. The van der Waals surface area contributed by atoms with Crippen LogP contribution < -0.4 is 0 Å². The van der Waals surface area contributed by atoms with E-state index >= 15 is 0 Å². The molecule has 124 valence electrons. The van der Waals surface area contributed by atoms with E-state index in [4.69, 9.17) is 6.42 Å². The van der Waals surface area contributed by atoms with E-state index in [9.17, 15) is 9.90 Å². The molecular weight excluding hydrogens is 284 g/mol. The van der Waals surface area contributed by atoms with Crippen LogP contribution in [0.5, 0.6) is 0 Å². The van der Waals surface area contributed by atoms with Crippen molar-refractivity contribution in [1.82, 2.24) is 0 Å². The average Bonchev–Trinajstić information content (AvgIpc) is 2.88. The third-order valence-electron chi connectivity index (χ3n) is 8.02. The summed E-state index contributed by atoms with van der Waals surface area (Å²) in [4.78, 5) is 11.8. The Labute approximate surface area is 139 Å². The minimum atomic E-state index is -0.893. The summed E-state index contributed by atoms with van der Waals surface area (Å²) >= 11 is 0. The van der Waals surface area contributed by atoms with Crippen molar-refractivity contribution in [2.45, 2.75) is 70.3 Å². The number of ketones is 1. The van der Waals surface area contributed by atoms with Gasteiger partial charge < -0.3 is 5.11 Å². The molecule has 0 amide bonds. The maximum atomic E-state index is 11.8. The van der Waals surface area contributed by atoms with Crippen molar-refractivity contribution < 1.29 is 9.90 Å². The van der Waals surface area contributed by atoms with Gasteiger partial charge in [-0.25, -0.2) is 0 Å². The smallest absolute Gasteiger partial charge is 0.155 e. The second-order valence-electron chi connectivity index (χ2n) is 8.40. The molecule has 3 saturated carbocycles. The van der Waals surface area contributed by atoms with E-state index in [1.54, 1.807) is 0 Å². The van der Waals surface area contributed by atoms with Gasteiger partial charge in [0.2, 0.25) is 0 Å². The van der Waals surface area contributed by atoms with E-state index < -0.39 is 5.60 Å². The largest absolute Gasteiger partial charge is 0.377 e. The Kier molecular flexibility index (Phi) is 3.50. The highest BCUT2D eigenvalue weighted by atomic mass is 16.3. The molecule has 1 N–H and O–H groups in total. The fraction of sp³-hybridized carbons (Fsp3) is 0.762. The number of rotatable bonds is 1. The van der Waals surface area contributed by atoms with Crippen LogP contribution in [0.1, 0.15) is 64.7 Å². The topological polar surface area (TPSA) is 37.3 Å². The highest BCUT2D eigenvalue weighted by Crippen LogP contribution is 2.66. The molecule has 3 fully saturated rings. The zero-order valence-electron chi connectivity index (χ0n) is 14.2. The van der Waals surface area contributed by atoms with E-state index in [-0.39, 0.29) is 5.41 Å². The molecule has 0 unspecified atom stereocenters. The molecule has 0 aromatic heterocycles. The summed E-state index contributed by atoms with van der Waals surface area (Å²) in [6.07, 6.45) is 16.9. The van der Waals surface area contributed by atoms with Crippen LogP contribution in [0.4, 0.5) is 0 Å². The normalized spacial score (nSPS) is 48.7. The minimum Gasteiger partial charge on any atom is -0.377 e. The Morgan fingerprint density at radius 1 is 1.22 bits per heavy atom. The summed E-state index contributed by atoms with van der Waals surface area (Å²) < 4.78 is 0. The molecule has 2 heteroatoms. The van der Waals surface area contributed by atoms with E-state index in [1.807, 2.05) is 6.08 Å². The standard InChI is InChI=1S/C21H28O2/c1-3-20-11-9-17-16-8-6-15(22)13-14(16)5-7-18(17)19(20)10-12-21(20,23)4-2/h2,13,16-19,23H,3,5-12H2,1H3/t16-,17+,18+,19-,20-,21+/m0/s1. The summed E-state index contributed by atoms with van der Waals surface area (Å²) in [6, 6.07) is 0. The van der Waals surface area contributed by atoms with Gasteiger partial charge in [-0.1, -0.05) is 18.4 Å². The number of carbonyl (C=O) groups excluding carboxylic acids is 1. The van der Waals surface area contributed by atoms with E-state index in [0.29, 0.717) is 29.5 Å². The maximum Gasteiger partial charge on any atom is 0.155 e. The number of carbonyl (C=O) groups is 1. The van der Waals surface area contributed by atoms with Crippen molar-refractivity contribution in [1.29, 1.82) is 0 Å². The molecule has 6 atom stereocenters. The number of aliphatic hydroxyl groups is 1. The Bertz CT molecular complexity index is 597. The first-order chi connectivity index (χ1) is 11.0. The summed E-state index contributed by atoms with van der Waals surface area (Å²) in [5.74, 6) is 5.73. The molecule has 0 radical (unpaired) electrons. The third-order valence-corrected chi connectivity index (χ3v) is 8.02. The first-order valence-electron chi connectivity index (χ1n) is 9.48. The molecule has 4 aliphatic rings. The van der Waals surface area contributed by atoms with E-state index in [2.05, 4.69) is 12.8 Å². The first-order valence-corrected chi connectivity index (χ1v) is 9.48. The van der Waals surface area contributed by atoms with Crippen LogP contribution in [-0.4, -0.2) is 16.5 Å². The third kappa shape index (κ3) is 1.96. The van der Waals surface area contributed by atoms with Gasteiger partial charge in [0.1, 0.15) is 5.60 Å². The van der Waals surface area contributed by atoms with Gasteiger partial charge in [-0.2, -0.15) is 0 Å². The molecule has 0 aliphatic heterocycles. The SMILES string of the molecule is C#C[C@@]1(O)CC[C@H]2[C@@H]3CCC4=CC(=O)CC[C@@H]4[C@H]3CC[C@@]21CC. The van der Waals surface area contributed by atoms with Crippen LogP contribution >= 0.6 is 0 Å². The van der Waals surface area contributed by atoms with Crippen molar-refractivity contribution in [2.75, 3.05) is 0 Å². The average molecular weight is 312 g/mol. The number of hydrogen-bond donors (Lipinski definition) is 1. The highest BCUT2D eigenvalue weighted by molar-refractivity contribution is 5.91. The fourth-order valence-electron chi connectivity index (χ4n) is 6.96. The van der Waals surface area contributed by atoms with Gasteiger partial charge >= 0.3 is 0 Å². The van der Waals surface area contributed by atoms with Crippen molar-refractivity contribution in [3.8, 4) is 12.3 Å². The van der Waals surface area contributed by atoms with Crippen LogP contribution in [0.25, 0.3) is 0 Å². The van der Waals surface area contributed by atoms with Crippen molar-refractivity contribution in [3.63, 3.8) is 0 Å². The Morgan fingerprint density at radius 2 is 2.04 bits per heavy atom. The zero-order chi connectivity index (χ0) is 16.2. The molecule has 0 heterocycles. The van der Waals surface area contributed by atoms with Crippen molar-refractivity contribution in [2.24, 2.45) is 29.1 Å². The second kappa shape index (κ2) is 5.21. The molecule has 0 saturated heterocycles. The molecule has 4 aliphatic carbocycles. The molecule has 23 heavy (non-hydrogen) atoms. The summed E-state index contributed by atoms with van der Waals surface area (Å²) in [5, 5.41) is 11.1. The van der Waals surface area contributed by atoms with Gasteiger partial charge in [-0.3, -0.25) is 4.79 Å². The number of hydrogen-bond acceptors (Lipinski definition) is 2. The molecule has 0 aromatic rings.